The fourth-order valence-electron chi connectivity index (χ4n) is 6.59. The zero-order valence-corrected chi connectivity index (χ0v) is 22.0. The molecule has 7 rings (SSSR count). The van der Waals surface area contributed by atoms with Crippen molar-refractivity contribution in [1.82, 2.24) is 4.90 Å². The molecule has 1 fully saturated rings. The summed E-state index contributed by atoms with van der Waals surface area (Å²) >= 11 is 3.78. The number of halogens is 1. The van der Waals surface area contributed by atoms with Gasteiger partial charge in [0, 0.05) is 22.9 Å². The van der Waals surface area contributed by atoms with Crippen molar-refractivity contribution < 1.29 is 9.59 Å². The van der Waals surface area contributed by atoms with Crippen LogP contribution in [0.3, 0.4) is 0 Å². The Kier molecular flexibility index (Phi) is 5.09. The highest BCUT2D eigenvalue weighted by Crippen LogP contribution is 2.62. The fraction of sp³-hybridized carbons (Fsp3) is 0.152. The van der Waals surface area contributed by atoms with Crippen molar-refractivity contribution in [3.63, 3.8) is 0 Å². The SMILES string of the molecule is CCCN1C(=O)C2=C(c3ccccc3)C3=C4C=CC=C5C(Br)=CC=C(C54)C3C(c3ccccc3)=C2C1=O. The summed E-state index contributed by atoms with van der Waals surface area (Å²) < 4.78 is 1.08. The second-order valence-electron chi connectivity index (χ2n) is 9.93. The van der Waals surface area contributed by atoms with E-state index in [1.807, 2.05) is 43.3 Å². The molecule has 0 aromatic heterocycles. The number of fused-ring (bicyclic) bond motifs is 3. The highest BCUT2D eigenvalue weighted by molar-refractivity contribution is 9.12. The first-order valence-corrected chi connectivity index (χ1v) is 13.6. The Morgan fingerprint density at radius 2 is 1.43 bits per heavy atom. The zero-order valence-electron chi connectivity index (χ0n) is 20.4. The Bertz CT molecular complexity index is 1610. The van der Waals surface area contributed by atoms with E-state index in [4.69, 9.17) is 0 Å². The summed E-state index contributed by atoms with van der Waals surface area (Å²) in [7, 11) is 0. The molecule has 2 unspecified atom stereocenters. The molecule has 0 saturated carbocycles. The Morgan fingerprint density at radius 3 is 2.14 bits per heavy atom. The highest BCUT2D eigenvalue weighted by atomic mass is 79.9. The number of likely N-dealkylation sites (tertiary alicyclic amines) is 1. The maximum absolute atomic E-state index is 14.1. The minimum Gasteiger partial charge on any atom is -0.274 e. The molecule has 4 aliphatic carbocycles. The number of carbonyl (C=O) groups is 2. The lowest BCUT2D eigenvalue weighted by molar-refractivity contribution is -0.136. The Hall–Kier alpha value is -3.76. The van der Waals surface area contributed by atoms with E-state index in [1.165, 1.54) is 21.6 Å². The standard InChI is InChI=1S/C33H24BrNO2/c1-2-18-35-32(36)30-25(19-10-5-3-6-11-19)28-22-15-9-14-21-24(34)17-16-23(27(21)22)29(28)26(31(30)33(35)37)20-12-7-4-8-13-20/h3-17,27,29H,2,18H2,1H3. The van der Waals surface area contributed by atoms with E-state index in [-0.39, 0.29) is 23.7 Å². The number of benzene rings is 2. The van der Waals surface area contributed by atoms with Crippen LogP contribution in [-0.4, -0.2) is 23.3 Å². The molecule has 1 aliphatic heterocycles. The third kappa shape index (κ3) is 3.05. The van der Waals surface area contributed by atoms with Gasteiger partial charge in [-0.3, -0.25) is 14.5 Å². The first-order chi connectivity index (χ1) is 18.1. The second kappa shape index (κ2) is 8.39. The zero-order chi connectivity index (χ0) is 25.3. The number of carbonyl (C=O) groups excluding carboxylic acids is 2. The van der Waals surface area contributed by atoms with Crippen molar-refractivity contribution in [1.29, 1.82) is 0 Å². The summed E-state index contributed by atoms with van der Waals surface area (Å²) in [5, 5.41) is 0. The molecule has 180 valence electrons. The predicted octanol–water partition coefficient (Wildman–Crippen LogP) is 6.94. The quantitative estimate of drug-likeness (QED) is 0.390. The summed E-state index contributed by atoms with van der Waals surface area (Å²) in [6.45, 7) is 2.42. The molecule has 0 radical (unpaired) electrons. The lowest BCUT2D eigenvalue weighted by Gasteiger charge is -2.31. The molecule has 2 amide bonds. The van der Waals surface area contributed by atoms with Crippen molar-refractivity contribution >= 4 is 38.9 Å². The van der Waals surface area contributed by atoms with Crippen molar-refractivity contribution in [3.05, 3.63) is 140 Å². The van der Waals surface area contributed by atoms with Gasteiger partial charge in [-0.05, 0) is 57.1 Å². The number of allylic oxidation sites excluding steroid dienone is 12. The molecule has 2 atom stereocenters. The molecule has 37 heavy (non-hydrogen) atoms. The molecule has 3 nitrogen and oxygen atoms in total. The maximum atomic E-state index is 14.1. The molecule has 1 heterocycles. The fourth-order valence-corrected chi connectivity index (χ4v) is 7.09. The van der Waals surface area contributed by atoms with Crippen molar-refractivity contribution in [3.8, 4) is 0 Å². The van der Waals surface area contributed by atoms with E-state index in [1.54, 1.807) is 0 Å². The maximum Gasteiger partial charge on any atom is 0.262 e. The van der Waals surface area contributed by atoms with Gasteiger partial charge in [-0.2, -0.15) is 0 Å². The third-order valence-electron chi connectivity index (χ3n) is 7.98. The molecule has 0 spiro atoms. The van der Waals surface area contributed by atoms with E-state index in [9.17, 15) is 9.59 Å². The van der Waals surface area contributed by atoms with Crippen LogP contribution in [0, 0.1) is 11.8 Å². The van der Waals surface area contributed by atoms with Crippen molar-refractivity contribution in [2.45, 2.75) is 13.3 Å². The average Bonchev–Trinajstić information content (AvgIpc) is 3.39. The largest absolute Gasteiger partial charge is 0.274 e. The molecule has 0 N–H and O–H groups in total. The first-order valence-electron chi connectivity index (χ1n) is 12.8. The number of nitrogens with zero attached hydrogens (tertiary/aromatic N) is 1. The van der Waals surface area contributed by atoms with Crippen LogP contribution >= 0.6 is 15.9 Å². The molecule has 1 saturated heterocycles. The van der Waals surface area contributed by atoms with Crippen LogP contribution in [0.15, 0.2) is 129 Å². The number of amides is 2. The monoisotopic (exact) mass is 545 g/mol. The summed E-state index contributed by atoms with van der Waals surface area (Å²) in [5.41, 5.74) is 9.80. The molecular formula is C33H24BrNO2. The van der Waals surface area contributed by atoms with Crippen LogP contribution in [0.2, 0.25) is 0 Å². The van der Waals surface area contributed by atoms with E-state index < -0.39 is 0 Å². The molecule has 4 heteroatoms. The summed E-state index contributed by atoms with van der Waals surface area (Å²) in [4.78, 5) is 29.6. The molecule has 0 bridgehead atoms. The van der Waals surface area contributed by atoms with Gasteiger partial charge in [0.1, 0.15) is 0 Å². The van der Waals surface area contributed by atoms with Crippen molar-refractivity contribution in [2.24, 2.45) is 11.8 Å². The number of hydrogen-bond donors (Lipinski definition) is 0. The normalized spacial score (nSPS) is 23.7. The van der Waals surface area contributed by atoms with Crippen molar-refractivity contribution in [2.75, 3.05) is 6.54 Å². The Labute approximate surface area is 224 Å². The predicted molar refractivity (Wildman–Crippen MR) is 150 cm³/mol. The van der Waals surface area contributed by atoms with Gasteiger partial charge in [0.05, 0.1) is 11.1 Å². The average molecular weight is 546 g/mol. The number of imide groups is 1. The molecule has 2 aromatic carbocycles. The van der Waals surface area contributed by atoms with Crippen LogP contribution < -0.4 is 0 Å². The van der Waals surface area contributed by atoms with Crippen LogP contribution in [0.25, 0.3) is 11.1 Å². The molecule has 5 aliphatic rings. The van der Waals surface area contributed by atoms with Gasteiger partial charge >= 0.3 is 0 Å². The van der Waals surface area contributed by atoms with E-state index >= 15 is 0 Å². The number of rotatable bonds is 4. The van der Waals surface area contributed by atoms with Crippen LogP contribution in [0.5, 0.6) is 0 Å². The topological polar surface area (TPSA) is 37.4 Å². The lowest BCUT2D eigenvalue weighted by atomic mass is 9.70. The van der Waals surface area contributed by atoms with Gasteiger partial charge in [0.2, 0.25) is 0 Å². The van der Waals surface area contributed by atoms with Gasteiger partial charge in [-0.1, -0.05) is 108 Å². The smallest absolute Gasteiger partial charge is 0.262 e. The Balaban J connectivity index is 1.64. The van der Waals surface area contributed by atoms with Gasteiger partial charge in [0.15, 0.2) is 0 Å². The van der Waals surface area contributed by atoms with Gasteiger partial charge in [-0.25, -0.2) is 0 Å². The summed E-state index contributed by atoms with van der Waals surface area (Å²) in [5.74, 6) is -0.372. The summed E-state index contributed by atoms with van der Waals surface area (Å²) in [6, 6.07) is 20.3. The minimum absolute atomic E-state index is 0.0961. The van der Waals surface area contributed by atoms with Crippen LogP contribution in [0.1, 0.15) is 24.5 Å². The van der Waals surface area contributed by atoms with E-state index in [0.29, 0.717) is 17.7 Å². The molecule has 2 aromatic rings. The second-order valence-corrected chi connectivity index (χ2v) is 10.8. The van der Waals surface area contributed by atoms with Gasteiger partial charge < -0.3 is 0 Å². The Morgan fingerprint density at radius 1 is 0.757 bits per heavy atom. The minimum atomic E-state index is -0.181. The van der Waals surface area contributed by atoms with Crippen LogP contribution in [0.4, 0.5) is 0 Å². The third-order valence-corrected chi connectivity index (χ3v) is 8.70. The summed E-state index contributed by atoms with van der Waals surface area (Å²) in [6.07, 6.45) is 11.5. The van der Waals surface area contributed by atoms with Crippen LogP contribution in [-0.2, 0) is 9.59 Å². The first kappa shape index (κ1) is 22.4. The lowest BCUT2D eigenvalue weighted by Crippen LogP contribution is -2.30. The molecular weight excluding hydrogens is 522 g/mol. The van der Waals surface area contributed by atoms with E-state index in [2.05, 4.69) is 70.6 Å². The highest BCUT2D eigenvalue weighted by Gasteiger charge is 2.53. The van der Waals surface area contributed by atoms with E-state index in [0.717, 1.165) is 38.7 Å². The van der Waals surface area contributed by atoms with Gasteiger partial charge in [-0.15, -0.1) is 0 Å². The van der Waals surface area contributed by atoms with Gasteiger partial charge in [0.25, 0.3) is 11.8 Å². The number of hydrogen-bond acceptors (Lipinski definition) is 2.